The molecule has 0 amide bonds. The van der Waals surface area contributed by atoms with E-state index in [1.807, 2.05) is 38.1 Å². The van der Waals surface area contributed by atoms with Crippen LogP contribution in [0.3, 0.4) is 0 Å². The van der Waals surface area contributed by atoms with Crippen molar-refractivity contribution < 1.29 is 4.74 Å². The highest BCUT2D eigenvalue weighted by molar-refractivity contribution is 6.33. The van der Waals surface area contributed by atoms with Crippen LogP contribution in [0.15, 0.2) is 47.7 Å². The predicted molar refractivity (Wildman–Crippen MR) is 141 cm³/mol. The second-order valence-electron chi connectivity index (χ2n) is 8.74. The van der Waals surface area contributed by atoms with Crippen molar-refractivity contribution >= 4 is 28.6 Å². The van der Waals surface area contributed by atoms with Crippen LogP contribution in [0, 0.1) is 6.92 Å². The topological polar surface area (TPSA) is 107 Å². The molecule has 36 heavy (non-hydrogen) atoms. The Labute approximate surface area is 213 Å². The van der Waals surface area contributed by atoms with Gasteiger partial charge >= 0.3 is 0 Å². The van der Waals surface area contributed by atoms with E-state index in [-0.39, 0.29) is 11.7 Å². The average molecular weight is 506 g/mol. The molecule has 1 fully saturated rings. The predicted octanol–water partition coefficient (Wildman–Crippen LogP) is 3.69. The fourth-order valence-electron chi connectivity index (χ4n) is 4.38. The molecule has 1 aromatic carbocycles. The molecule has 4 aromatic rings. The number of morpholine rings is 1. The van der Waals surface area contributed by atoms with Gasteiger partial charge in [0.2, 0.25) is 5.95 Å². The number of nitrogens with zero attached hydrogens (tertiary/aromatic N) is 5. The summed E-state index contributed by atoms with van der Waals surface area (Å²) in [6.07, 6.45) is 5.86. The third kappa shape index (κ3) is 5.09. The van der Waals surface area contributed by atoms with E-state index < -0.39 is 0 Å². The number of fused-ring (bicyclic) bond motifs is 1. The fourth-order valence-corrected chi connectivity index (χ4v) is 4.66. The number of anilines is 1. The minimum absolute atomic E-state index is 0.0396. The van der Waals surface area contributed by atoms with Crippen LogP contribution < -0.4 is 16.2 Å². The molecule has 9 nitrogen and oxygen atoms in total. The first-order chi connectivity index (χ1) is 17.5. The summed E-state index contributed by atoms with van der Waals surface area (Å²) in [5.41, 5.74) is 3.95. The molecule has 0 aliphatic carbocycles. The summed E-state index contributed by atoms with van der Waals surface area (Å²) < 4.78 is 7.57. The lowest BCUT2D eigenvalue weighted by Crippen LogP contribution is -2.39. The summed E-state index contributed by atoms with van der Waals surface area (Å²) in [5, 5.41) is 7.69. The molecular formula is C26H28ClN7O2. The lowest BCUT2D eigenvalue weighted by atomic mass is 10.0. The zero-order chi connectivity index (χ0) is 25.1. The number of hydrogen-bond donors (Lipinski definition) is 2. The molecule has 5 rings (SSSR count). The highest BCUT2D eigenvalue weighted by atomic mass is 35.5. The Hall–Kier alpha value is -3.40. The second kappa shape index (κ2) is 10.7. The lowest BCUT2D eigenvalue weighted by molar-refractivity contribution is 0.0211. The van der Waals surface area contributed by atoms with Crippen LogP contribution in [-0.2, 0) is 11.3 Å². The van der Waals surface area contributed by atoms with Gasteiger partial charge in [0.1, 0.15) is 5.65 Å². The number of rotatable bonds is 7. The van der Waals surface area contributed by atoms with Crippen LogP contribution in [0.2, 0.25) is 5.02 Å². The van der Waals surface area contributed by atoms with Crippen LogP contribution >= 0.6 is 11.6 Å². The van der Waals surface area contributed by atoms with Crippen molar-refractivity contribution in [2.45, 2.75) is 32.9 Å². The summed E-state index contributed by atoms with van der Waals surface area (Å²) in [6.45, 7) is 7.29. The van der Waals surface area contributed by atoms with E-state index in [1.165, 1.54) is 0 Å². The van der Waals surface area contributed by atoms with Gasteiger partial charge in [-0.1, -0.05) is 23.7 Å². The van der Waals surface area contributed by atoms with Crippen molar-refractivity contribution in [3.63, 3.8) is 0 Å². The van der Waals surface area contributed by atoms with E-state index >= 15 is 0 Å². The smallest absolute Gasteiger partial charge is 0.260 e. The van der Waals surface area contributed by atoms with Crippen LogP contribution in [0.25, 0.3) is 33.4 Å². The van der Waals surface area contributed by atoms with Crippen LogP contribution in [0.4, 0.5) is 5.95 Å². The SMILES string of the molecule is CCNc1ncc2cc(-c3ccc(-c4cncc(C)n4)cc3Cl)c(=O)n(CC[C@@H]3CNCCO3)c2n1. The van der Waals surface area contributed by atoms with Crippen LogP contribution in [0.1, 0.15) is 19.0 Å². The third-order valence-corrected chi connectivity index (χ3v) is 6.46. The Morgan fingerprint density at radius 1 is 1.19 bits per heavy atom. The number of aryl methyl sites for hydroxylation is 2. The fraction of sp³-hybridized carbons (Fsp3) is 0.346. The van der Waals surface area contributed by atoms with Crippen LogP contribution in [-0.4, -0.2) is 56.8 Å². The maximum atomic E-state index is 13.8. The summed E-state index contributed by atoms with van der Waals surface area (Å²) in [6, 6.07) is 7.40. The highest BCUT2D eigenvalue weighted by Crippen LogP contribution is 2.31. The van der Waals surface area contributed by atoms with Gasteiger partial charge in [0.05, 0.1) is 30.3 Å². The Morgan fingerprint density at radius 3 is 2.83 bits per heavy atom. The van der Waals surface area contributed by atoms with Gasteiger partial charge in [-0.05, 0) is 32.4 Å². The van der Waals surface area contributed by atoms with Crippen molar-refractivity contribution in [1.82, 2.24) is 29.8 Å². The number of aromatic nitrogens is 5. The number of hydrogen-bond acceptors (Lipinski definition) is 8. The molecule has 0 bridgehead atoms. The normalized spacial score (nSPS) is 15.8. The summed E-state index contributed by atoms with van der Waals surface area (Å²) in [7, 11) is 0. The minimum Gasteiger partial charge on any atom is -0.376 e. The molecule has 0 radical (unpaired) electrons. The van der Waals surface area contributed by atoms with Gasteiger partial charge in [0.15, 0.2) is 0 Å². The zero-order valence-electron chi connectivity index (χ0n) is 20.3. The van der Waals surface area contributed by atoms with Gasteiger partial charge in [-0.25, -0.2) is 9.97 Å². The van der Waals surface area contributed by atoms with Crippen molar-refractivity contribution in [3.8, 4) is 22.4 Å². The maximum absolute atomic E-state index is 13.8. The van der Waals surface area contributed by atoms with Gasteiger partial charge in [-0.2, -0.15) is 4.98 Å². The monoisotopic (exact) mass is 505 g/mol. The summed E-state index contributed by atoms with van der Waals surface area (Å²) >= 11 is 6.73. The third-order valence-electron chi connectivity index (χ3n) is 6.15. The van der Waals surface area contributed by atoms with Gasteiger partial charge < -0.3 is 15.4 Å². The molecule has 1 atom stereocenters. The molecular weight excluding hydrogens is 478 g/mol. The van der Waals surface area contributed by atoms with E-state index in [4.69, 9.17) is 16.3 Å². The molecule has 1 aliphatic rings. The van der Waals surface area contributed by atoms with E-state index in [0.717, 1.165) is 35.4 Å². The Bertz CT molecular complexity index is 1450. The summed E-state index contributed by atoms with van der Waals surface area (Å²) in [4.78, 5) is 31.6. The highest BCUT2D eigenvalue weighted by Gasteiger charge is 2.19. The molecule has 3 aromatic heterocycles. The number of ether oxygens (including phenoxy) is 1. The Morgan fingerprint density at radius 2 is 2.08 bits per heavy atom. The van der Waals surface area contributed by atoms with E-state index in [2.05, 4.69) is 30.6 Å². The van der Waals surface area contributed by atoms with Gasteiger partial charge in [-0.3, -0.25) is 14.3 Å². The van der Waals surface area contributed by atoms with Crippen molar-refractivity contribution in [2.75, 3.05) is 31.6 Å². The number of pyridine rings is 1. The standard InChI is InChI=1S/C26H28ClN7O2/c1-3-30-26-31-13-18-10-21(20-5-4-17(11-22(20)27)23-15-29-12-16(2)32-23)25(35)34(24(18)33-26)8-6-19-14-28-7-9-36-19/h4-5,10-13,15,19,28H,3,6-9,14H2,1-2H3,(H,30,31,33)/t19-/m1/s1. The number of halogens is 1. The van der Waals surface area contributed by atoms with Crippen LogP contribution in [0.5, 0.6) is 0 Å². The first-order valence-corrected chi connectivity index (χ1v) is 12.5. The number of nitrogens with one attached hydrogen (secondary N) is 2. The van der Waals surface area contributed by atoms with Gasteiger partial charge in [-0.15, -0.1) is 0 Å². The lowest BCUT2D eigenvalue weighted by Gasteiger charge is -2.24. The van der Waals surface area contributed by atoms with Crippen molar-refractivity contribution in [1.29, 1.82) is 0 Å². The second-order valence-corrected chi connectivity index (χ2v) is 9.15. The molecule has 4 heterocycles. The number of benzene rings is 1. The van der Waals surface area contributed by atoms with Gasteiger partial charge in [0, 0.05) is 65.7 Å². The largest absolute Gasteiger partial charge is 0.376 e. The molecule has 0 saturated carbocycles. The molecule has 2 N–H and O–H groups in total. The Kier molecular flexibility index (Phi) is 7.22. The summed E-state index contributed by atoms with van der Waals surface area (Å²) in [5.74, 6) is 0.489. The van der Waals surface area contributed by atoms with E-state index in [9.17, 15) is 4.79 Å². The minimum atomic E-state index is -0.155. The van der Waals surface area contributed by atoms with E-state index in [1.54, 1.807) is 23.2 Å². The van der Waals surface area contributed by atoms with Crippen molar-refractivity contribution in [2.24, 2.45) is 0 Å². The zero-order valence-corrected chi connectivity index (χ0v) is 21.0. The Balaban J connectivity index is 1.58. The molecule has 186 valence electrons. The average Bonchev–Trinajstić information content (AvgIpc) is 2.89. The van der Waals surface area contributed by atoms with E-state index in [0.29, 0.717) is 53.9 Å². The first kappa shape index (κ1) is 24.3. The maximum Gasteiger partial charge on any atom is 0.260 e. The molecule has 0 spiro atoms. The molecule has 10 heteroatoms. The van der Waals surface area contributed by atoms with Crippen molar-refractivity contribution in [3.05, 3.63) is 63.9 Å². The van der Waals surface area contributed by atoms with Gasteiger partial charge in [0.25, 0.3) is 5.56 Å². The molecule has 0 unspecified atom stereocenters. The molecule has 1 aliphatic heterocycles. The first-order valence-electron chi connectivity index (χ1n) is 12.1. The quantitative estimate of drug-likeness (QED) is 0.391. The molecule has 1 saturated heterocycles.